The second-order valence-corrected chi connectivity index (χ2v) is 15.1. The molecule has 0 aliphatic carbocycles. The molecule has 0 radical (unpaired) electrons. The molecule has 4 rings (SSSR count). The molecule has 258 valence electrons. The van der Waals surface area contributed by atoms with E-state index in [0.29, 0.717) is 19.4 Å². The highest BCUT2D eigenvalue weighted by molar-refractivity contribution is 7.92. The summed E-state index contributed by atoms with van der Waals surface area (Å²) >= 11 is 0. The Bertz CT molecular complexity index is 1680. The van der Waals surface area contributed by atoms with Crippen molar-refractivity contribution in [2.24, 2.45) is 0 Å². The third kappa shape index (κ3) is 10.0. The van der Waals surface area contributed by atoms with Gasteiger partial charge in [0.2, 0.25) is 10.0 Å². The predicted octanol–water partition coefficient (Wildman–Crippen LogP) is 5.04. The minimum absolute atomic E-state index is 0.0181. The molecule has 0 saturated carbocycles. The zero-order valence-electron chi connectivity index (χ0n) is 28.1. The Morgan fingerprint density at radius 2 is 1.52 bits per heavy atom. The maximum Gasteiger partial charge on any atom is 0.410 e. The van der Waals surface area contributed by atoms with Crippen LogP contribution in [0.3, 0.4) is 0 Å². The third-order valence-electron chi connectivity index (χ3n) is 8.11. The van der Waals surface area contributed by atoms with Gasteiger partial charge in [0.05, 0.1) is 35.7 Å². The standard InChI is InChI=1S/C36H46N4O7S/c1-6-48(45,46)39-29-22-27(33(42)37-24(2)26-16-11-8-12-17-26)21-28(23-29)34(43)38-30(20-25-14-9-7-10-15-25)32(41)31-18-13-19-40(31)35(44)47-36(3,4)5/h7-12,14-17,21-24,30-32,39,41H,6,13,18-20H2,1-5H3,(H,37,42)(H,38,43)/t24-,30+,31?,32+/m1/s1. The van der Waals surface area contributed by atoms with Crippen molar-refractivity contribution in [1.82, 2.24) is 15.5 Å². The number of anilines is 1. The summed E-state index contributed by atoms with van der Waals surface area (Å²) in [5.74, 6) is -1.34. The summed E-state index contributed by atoms with van der Waals surface area (Å²) in [6.45, 7) is 9.03. The number of hydrogen-bond donors (Lipinski definition) is 4. The van der Waals surface area contributed by atoms with Crippen LogP contribution in [0.5, 0.6) is 0 Å². The minimum atomic E-state index is -3.74. The number of nitrogens with one attached hydrogen (secondary N) is 3. The first kappa shape index (κ1) is 36.4. The molecular weight excluding hydrogens is 632 g/mol. The second kappa shape index (κ2) is 15.7. The molecule has 3 amide bonds. The number of likely N-dealkylation sites (tertiary alicyclic amines) is 1. The molecule has 1 heterocycles. The molecule has 11 nitrogen and oxygen atoms in total. The van der Waals surface area contributed by atoms with E-state index in [9.17, 15) is 27.9 Å². The molecule has 0 aromatic heterocycles. The topological polar surface area (TPSA) is 154 Å². The number of nitrogens with zero attached hydrogens (tertiary/aromatic N) is 1. The van der Waals surface area contributed by atoms with E-state index in [-0.39, 0.29) is 35.0 Å². The molecule has 1 aliphatic heterocycles. The van der Waals surface area contributed by atoms with Crippen molar-refractivity contribution in [3.05, 3.63) is 101 Å². The van der Waals surface area contributed by atoms with Crippen LogP contribution in [-0.4, -0.2) is 72.4 Å². The smallest absolute Gasteiger partial charge is 0.410 e. The SMILES string of the molecule is CCS(=O)(=O)Nc1cc(C(=O)N[C@@H](Cc2ccccc2)[C@H](O)C2CCCN2C(=O)OC(C)(C)C)cc(C(=O)N[C@H](C)c2ccccc2)c1. The number of sulfonamides is 1. The lowest BCUT2D eigenvalue weighted by Crippen LogP contribution is -2.54. The van der Waals surface area contributed by atoms with E-state index in [0.717, 1.165) is 11.1 Å². The largest absolute Gasteiger partial charge is 0.444 e. The van der Waals surface area contributed by atoms with Crippen molar-refractivity contribution in [2.45, 2.75) is 83.7 Å². The van der Waals surface area contributed by atoms with Crippen molar-refractivity contribution in [3.8, 4) is 0 Å². The Labute approximate surface area is 283 Å². The van der Waals surface area contributed by atoms with Crippen LogP contribution in [0, 0.1) is 0 Å². The van der Waals surface area contributed by atoms with Crippen LogP contribution in [0.4, 0.5) is 10.5 Å². The first-order valence-corrected chi connectivity index (χ1v) is 17.8. The van der Waals surface area contributed by atoms with E-state index >= 15 is 0 Å². The number of benzene rings is 3. The maximum atomic E-state index is 13.9. The number of aliphatic hydroxyl groups is 1. The van der Waals surface area contributed by atoms with Gasteiger partial charge in [-0.1, -0.05) is 60.7 Å². The molecule has 48 heavy (non-hydrogen) atoms. The van der Waals surface area contributed by atoms with Gasteiger partial charge in [-0.25, -0.2) is 13.2 Å². The van der Waals surface area contributed by atoms with Crippen molar-refractivity contribution < 1.29 is 32.6 Å². The second-order valence-electron chi connectivity index (χ2n) is 13.1. The van der Waals surface area contributed by atoms with E-state index in [1.807, 2.05) is 67.6 Å². The number of hydrogen-bond acceptors (Lipinski definition) is 7. The lowest BCUT2D eigenvalue weighted by Gasteiger charge is -2.35. The van der Waals surface area contributed by atoms with Crippen LogP contribution in [0.1, 0.15) is 85.3 Å². The Hall–Kier alpha value is -4.42. The lowest BCUT2D eigenvalue weighted by molar-refractivity contribution is -0.00161. The minimum Gasteiger partial charge on any atom is -0.444 e. The van der Waals surface area contributed by atoms with Crippen LogP contribution >= 0.6 is 0 Å². The number of rotatable bonds is 12. The van der Waals surface area contributed by atoms with Crippen LogP contribution in [0.2, 0.25) is 0 Å². The van der Waals surface area contributed by atoms with Gasteiger partial charge in [0.25, 0.3) is 11.8 Å². The fourth-order valence-electron chi connectivity index (χ4n) is 5.65. The van der Waals surface area contributed by atoms with Crippen molar-refractivity contribution >= 4 is 33.6 Å². The monoisotopic (exact) mass is 678 g/mol. The molecule has 12 heteroatoms. The molecule has 3 aromatic carbocycles. The summed E-state index contributed by atoms with van der Waals surface area (Å²) in [6, 6.07) is 21.0. The maximum absolute atomic E-state index is 13.9. The summed E-state index contributed by atoms with van der Waals surface area (Å²) in [5.41, 5.74) is 1.14. The fourth-order valence-corrected chi connectivity index (χ4v) is 6.27. The first-order valence-electron chi connectivity index (χ1n) is 16.2. The molecular formula is C36H46N4O7S. The van der Waals surface area contributed by atoms with Crippen molar-refractivity contribution in [3.63, 3.8) is 0 Å². The predicted molar refractivity (Wildman–Crippen MR) is 185 cm³/mol. The number of carbonyl (C=O) groups excluding carboxylic acids is 3. The summed E-state index contributed by atoms with van der Waals surface area (Å²) in [7, 11) is -3.74. The molecule has 1 fully saturated rings. The van der Waals surface area contributed by atoms with Crippen LogP contribution in [0.25, 0.3) is 0 Å². The highest BCUT2D eigenvalue weighted by Crippen LogP contribution is 2.26. The molecule has 1 aliphatic rings. The zero-order chi connectivity index (χ0) is 35.1. The summed E-state index contributed by atoms with van der Waals surface area (Å²) in [5, 5.41) is 17.6. The van der Waals surface area contributed by atoms with E-state index in [4.69, 9.17) is 4.74 Å². The van der Waals surface area contributed by atoms with Crippen molar-refractivity contribution in [2.75, 3.05) is 17.0 Å². The van der Waals surface area contributed by atoms with Gasteiger partial charge in [0.15, 0.2) is 0 Å². The van der Waals surface area contributed by atoms with Gasteiger partial charge in [-0.2, -0.15) is 0 Å². The molecule has 1 saturated heterocycles. The molecule has 4 N–H and O–H groups in total. The average molecular weight is 679 g/mol. The van der Waals surface area contributed by atoms with Gasteiger partial charge >= 0.3 is 6.09 Å². The van der Waals surface area contributed by atoms with Gasteiger partial charge in [-0.05, 0) is 83.2 Å². The van der Waals surface area contributed by atoms with E-state index in [1.165, 1.54) is 30.0 Å². The molecule has 0 bridgehead atoms. The molecule has 4 atom stereocenters. The Morgan fingerprint density at radius 3 is 2.10 bits per heavy atom. The van der Waals surface area contributed by atoms with Gasteiger partial charge in [0.1, 0.15) is 5.60 Å². The Kier molecular flexibility index (Phi) is 11.9. The van der Waals surface area contributed by atoms with Gasteiger partial charge in [-0.15, -0.1) is 0 Å². The number of amides is 3. The lowest BCUT2D eigenvalue weighted by atomic mass is 9.94. The normalized spacial score (nSPS) is 16.8. The average Bonchev–Trinajstić information content (AvgIpc) is 3.54. The number of ether oxygens (including phenoxy) is 1. The van der Waals surface area contributed by atoms with Gasteiger partial charge < -0.3 is 25.4 Å². The van der Waals surface area contributed by atoms with E-state index < -0.39 is 51.7 Å². The summed E-state index contributed by atoms with van der Waals surface area (Å²) < 4.78 is 33.0. The third-order valence-corrected chi connectivity index (χ3v) is 9.41. The zero-order valence-corrected chi connectivity index (χ0v) is 28.9. The fraction of sp³-hybridized carbons (Fsp3) is 0.417. The molecule has 1 unspecified atom stereocenters. The van der Waals surface area contributed by atoms with Crippen LogP contribution < -0.4 is 15.4 Å². The van der Waals surface area contributed by atoms with Crippen molar-refractivity contribution in [1.29, 1.82) is 0 Å². The summed E-state index contributed by atoms with van der Waals surface area (Å²) in [4.78, 5) is 41.9. The van der Waals surface area contributed by atoms with Crippen LogP contribution in [0.15, 0.2) is 78.9 Å². The number of carbonyl (C=O) groups is 3. The highest BCUT2D eigenvalue weighted by Gasteiger charge is 2.40. The molecule has 3 aromatic rings. The molecule has 0 spiro atoms. The quantitative estimate of drug-likeness (QED) is 0.209. The van der Waals surface area contributed by atoms with Crippen LogP contribution in [-0.2, 0) is 21.2 Å². The summed E-state index contributed by atoms with van der Waals surface area (Å²) in [6.07, 6.45) is -0.284. The van der Waals surface area contributed by atoms with E-state index in [2.05, 4.69) is 15.4 Å². The Morgan fingerprint density at radius 1 is 0.938 bits per heavy atom. The van der Waals surface area contributed by atoms with E-state index in [1.54, 1.807) is 20.8 Å². The highest BCUT2D eigenvalue weighted by atomic mass is 32.2. The Balaban J connectivity index is 1.65. The first-order chi connectivity index (χ1) is 22.7. The van der Waals surface area contributed by atoms with Gasteiger partial charge in [0, 0.05) is 17.7 Å². The van der Waals surface area contributed by atoms with Gasteiger partial charge in [-0.3, -0.25) is 14.3 Å². The number of aliphatic hydroxyl groups excluding tert-OH is 1.